The molecule has 0 amide bonds. The van der Waals surface area contributed by atoms with Gasteiger partial charge in [0, 0.05) is 10.1 Å². The van der Waals surface area contributed by atoms with Crippen molar-refractivity contribution in [1.82, 2.24) is 5.32 Å². The van der Waals surface area contributed by atoms with Crippen molar-refractivity contribution in [2.45, 2.75) is 50.7 Å². The van der Waals surface area contributed by atoms with E-state index in [0.29, 0.717) is 0 Å². The van der Waals surface area contributed by atoms with E-state index in [0.717, 1.165) is 36.1 Å². The summed E-state index contributed by atoms with van der Waals surface area (Å²) < 4.78 is 0. The standard InChI is InChI=1S/C18H29NS/c1-13(2)11-19-12-15(4)14(3)9-17-10-16-7-5-6-8-18(16)20-17/h5-8,13-15,17,19H,9-12H2,1-4H3. The molecule has 0 saturated carbocycles. The number of fused-ring (bicyclic) bond motifs is 1. The van der Waals surface area contributed by atoms with Gasteiger partial charge in [-0.25, -0.2) is 0 Å². The summed E-state index contributed by atoms with van der Waals surface area (Å²) in [5.41, 5.74) is 1.56. The van der Waals surface area contributed by atoms with Gasteiger partial charge in [-0.15, -0.1) is 11.8 Å². The summed E-state index contributed by atoms with van der Waals surface area (Å²) in [5.74, 6) is 2.30. The van der Waals surface area contributed by atoms with Crippen LogP contribution in [0.1, 0.15) is 39.7 Å². The quantitative estimate of drug-likeness (QED) is 0.787. The Labute approximate surface area is 128 Å². The maximum Gasteiger partial charge on any atom is 0.0138 e. The van der Waals surface area contributed by atoms with Crippen LogP contribution in [0, 0.1) is 17.8 Å². The third-order valence-electron chi connectivity index (χ3n) is 4.34. The van der Waals surface area contributed by atoms with Crippen LogP contribution in [0.25, 0.3) is 0 Å². The fraction of sp³-hybridized carbons (Fsp3) is 0.667. The first-order valence-electron chi connectivity index (χ1n) is 8.01. The maximum absolute atomic E-state index is 3.60. The highest BCUT2D eigenvalue weighted by atomic mass is 32.2. The third kappa shape index (κ3) is 4.53. The van der Waals surface area contributed by atoms with Gasteiger partial charge in [-0.3, -0.25) is 0 Å². The molecule has 3 atom stereocenters. The van der Waals surface area contributed by atoms with E-state index < -0.39 is 0 Å². The normalized spacial score (nSPS) is 20.9. The van der Waals surface area contributed by atoms with Gasteiger partial charge in [-0.1, -0.05) is 45.9 Å². The molecule has 1 aromatic carbocycles. The van der Waals surface area contributed by atoms with E-state index in [1.807, 2.05) is 0 Å². The van der Waals surface area contributed by atoms with Gasteiger partial charge >= 0.3 is 0 Å². The molecule has 20 heavy (non-hydrogen) atoms. The summed E-state index contributed by atoms with van der Waals surface area (Å²) in [6, 6.07) is 8.90. The van der Waals surface area contributed by atoms with Crippen LogP contribution >= 0.6 is 11.8 Å². The molecule has 0 aliphatic carbocycles. The zero-order valence-electron chi connectivity index (χ0n) is 13.4. The minimum Gasteiger partial charge on any atom is -0.316 e. The number of nitrogens with one attached hydrogen (secondary N) is 1. The molecular weight excluding hydrogens is 262 g/mol. The Hall–Kier alpha value is -0.470. The summed E-state index contributed by atoms with van der Waals surface area (Å²) in [6.45, 7) is 11.7. The lowest BCUT2D eigenvalue weighted by atomic mass is 9.90. The Kier molecular flexibility index (Phi) is 5.98. The topological polar surface area (TPSA) is 12.0 Å². The van der Waals surface area contributed by atoms with Gasteiger partial charge < -0.3 is 5.32 Å². The molecule has 1 aromatic rings. The molecule has 1 nitrogen and oxygen atoms in total. The van der Waals surface area contributed by atoms with E-state index in [-0.39, 0.29) is 0 Å². The number of hydrogen-bond donors (Lipinski definition) is 1. The number of hydrogen-bond acceptors (Lipinski definition) is 2. The van der Waals surface area contributed by atoms with Crippen molar-refractivity contribution < 1.29 is 0 Å². The lowest BCUT2D eigenvalue weighted by Gasteiger charge is -2.23. The van der Waals surface area contributed by atoms with Crippen molar-refractivity contribution in [2.75, 3.05) is 13.1 Å². The summed E-state index contributed by atoms with van der Waals surface area (Å²) in [6.07, 6.45) is 2.60. The van der Waals surface area contributed by atoms with Gasteiger partial charge in [0.05, 0.1) is 0 Å². The molecule has 0 aromatic heterocycles. The zero-order valence-corrected chi connectivity index (χ0v) is 14.2. The van der Waals surface area contributed by atoms with Crippen LogP contribution in [0.5, 0.6) is 0 Å². The van der Waals surface area contributed by atoms with Crippen molar-refractivity contribution in [3.8, 4) is 0 Å². The van der Waals surface area contributed by atoms with E-state index in [2.05, 4.69) is 69.0 Å². The smallest absolute Gasteiger partial charge is 0.0138 e. The van der Waals surface area contributed by atoms with Crippen molar-refractivity contribution >= 4 is 11.8 Å². The monoisotopic (exact) mass is 291 g/mol. The van der Waals surface area contributed by atoms with E-state index in [1.54, 1.807) is 5.56 Å². The van der Waals surface area contributed by atoms with Crippen molar-refractivity contribution in [1.29, 1.82) is 0 Å². The summed E-state index contributed by atoms with van der Waals surface area (Å²) in [4.78, 5) is 1.51. The van der Waals surface area contributed by atoms with Gasteiger partial charge in [0.15, 0.2) is 0 Å². The Morgan fingerprint density at radius 2 is 1.85 bits per heavy atom. The minimum atomic E-state index is 0.748. The number of rotatable bonds is 7. The third-order valence-corrected chi connectivity index (χ3v) is 5.68. The number of benzene rings is 1. The van der Waals surface area contributed by atoms with Crippen LogP contribution in [0.2, 0.25) is 0 Å². The van der Waals surface area contributed by atoms with E-state index in [1.165, 1.54) is 17.7 Å². The van der Waals surface area contributed by atoms with Crippen LogP contribution in [0.4, 0.5) is 0 Å². The summed E-state index contributed by atoms with van der Waals surface area (Å²) >= 11 is 2.09. The Bertz CT molecular complexity index is 391. The van der Waals surface area contributed by atoms with Gasteiger partial charge in [0.1, 0.15) is 0 Å². The molecule has 0 saturated heterocycles. The molecule has 0 bridgehead atoms. The van der Waals surface area contributed by atoms with Crippen LogP contribution < -0.4 is 5.32 Å². The second kappa shape index (κ2) is 7.51. The molecule has 0 spiro atoms. The van der Waals surface area contributed by atoms with Crippen LogP contribution in [0.3, 0.4) is 0 Å². The Balaban J connectivity index is 1.74. The molecule has 2 heteroatoms. The zero-order chi connectivity index (χ0) is 14.5. The SMILES string of the molecule is CC(C)CNCC(C)C(C)CC1Cc2ccccc2S1. The van der Waals surface area contributed by atoms with E-state index in [9.17, 15) is 0 Å². The van der Waals surface area contributed by atoms with Crippen LogP contribution in [-0.2, 0) is 6.42 Å². The molecule has 3 unspecified atom stereocenters. The van der Waals surface area contributed by atoms with Gasteiger partial charge in [-0.2, -0.15) is 0 Å². The minimum absolute atomic E-state index is 0.748. The maximum atomic E-state index is 3.60. The first-order valence-corrected chi connectivity index (χ1v) is 8.89. The summed E-state index contributed by atoms with van der Waals surface area (Å²) in [7, 11) is 0. The Morgan fingerprint density at radius 3 is 2.55 bits per heavy atom. The fourth-order valence-electron chi connectivity index (χ4n) is 2.83. The van der Waals surface area contributed by atoms with Crippen molar-refractivity contribution in [3.05, 3.63) is 29.8 Å². The molecule has 112 valence electrons. The van der Waals surface area contributed by atoms with Crippen molar-refractivity contribution in [2.24, 2.45) is 17.8 Å². The predicted molar refractivity (Wildman–Crippen MR) is 90.4 cm³/mol. The van der Waals surface area contributed by atoms with Gasteiger partial charge in [0.2, 0.25) is 0 Å². The van der Waals surface area contributed by atoms with E-state index in [4.69, 9.17) is 0 Å². The van der Waals surface area contributed by atoms with Crippen molar-refractivity contribution in [3.63, 3.8) is 0 Å². The highest BCUT2D eigenvalue weighted by Crippen LogP contribution is 2.40. The lowest BCUT2D eigenvalue weighted by Crippen LogP contribution is -2.29. The van der Waals surface area contributed by atoms with Crippen LogP contribution in [-0.4, -0.2) is 18.3 Å². The first-order chi connectivity index (χ1) is 9.56. The fourth-order valence-corrected chi connectivity index (χ4v) is 4.31. The highest BCUT2D eigenvalue weighted by molar-refractivity contribution is 8.00. The molecule has 1 N–H and O–H groups in total. The molecule has 0 radical (unpaired) electrons. The lowest BCUT2D eigenvalue weighted by molar-refractivity contribution is 0.339. The van der Waals surface area contributed by atoms with Gasteiger partial charge in [-0.05, 0) is 55.3 Å². The summed E-state index contributed by atoms with van der Waals surface area (Å²) in [5, 5.41) is 4.39. The highest BCUT2D eigenvalue weighted by Gasteiger charge is 2.25. The molecule has 1 aliphatic heterocycles. The molecule has 2 rings (SSSR count). The van der Waals surface area contributed by atoms with Gasteiger partial charge in [0.25, 0.3) is 0 Å². The molecular formula is C18H29NS. The van der Waals surface area contributed by atoms with E-state index >= 15 is 0 Å². The molecule has 1 heterocycles. The molecule has 1 aliphatic rings. The average molecular weight is 292 g/mol. The first kappa shape index (κ1) is 15.9. The number of thioether (sulfide) groups is 1. The largest absolute Gasteiger partial charge is 0.316 e. The Morgan fingerprint density at radius 1 is 1.10 bits per heavy atom. The predicted octanol–water partition coefficient (Wildman–Crippen LogP) is 4.61. The molecule has 0 fully saturated rings. The second-order valence-corrected chi connectivity index (χ2v) is 8.14. The average Bonchev–Trinajstić information content (AvgIpc) is 2.80. The second-order valence-electron chi connectivity index (χ2n) is 6.79. The van der Waals surface area contributed by atoms with Crippen LogP contribution in [0.15, 0.2) is 29.2 Å².